The van der Waals surface area contributed by atoms with Crippen LogP contribution >= 0.6 is 0 Å². The van der Waals surface area contributed by atoms with Gasteiger partial charge in [0, 0.05) is 18.2 Å². The predicted molar refractivity (Wildman–Crippen MR) is 144 cm³/mol. The minimum absolute atomic E-state index is 0.247. The third kappa shape index (κ3) is 17.7. The highest BCUT2D eigenvalue weighted by Crippen LogP contribution is 2.17. The molecule has 240 valence electrons. The van der Waals surface area contributed by atoms with Gasteiger partial charge in [0.2, 0.25) is 0 Å². The van der Waals surface area contributed by atoms with Gasteiger partial charge >= 0.3 is 17.9 Å². The lowest BCUT2D eigenvalue weighted by Crippen LogP contribution is -2.52. The van der Waals surface area contributed by atoms with Crippen molar-refractivity contribution in [1.29, 1.82) is 0 Å². The van der Waals surface area contributed by atoms with E-state index in [0.29, 0.717) is 0 Å². The summed E-state index contributed by atoms with van der Waals surface area (Å²) in [4.78, 5) is 46.5. The summed E-state index contributed by atoms with van der Waals surface area (Å²) >= 11 is 0. The number of aliphatic hydroxyl groups excluding tert-OH is 5. The van der Waals surface area contributed by atoms with Crippen LogP contribution in [0.1, 0.15) is 20.8 Å². The zero-order chi connectivity index (χ0) is 31.9. The Morgan fingerprint density at radius 2 is 0.952 bits per heavy atom. The second kappa shape index (κ2) is 23.5. The first-order valence-corrected chi connectivity index (χ1v) is 13.0. The molecule has 0 bridgehead atoms. The van der Waals surface area contributed by atoms with Gasteiger partial charge in [-0.3, -0.25) is 0 Å². The molecule has 15 nitrogen and oxygen atoms in total. The summed E-state index contributed by atoms with van der Waals surface area (Å²) in [5, 5.41) is 50.6. The van der Waals surface area contributed by atoms with Crippen molar-refractivity contribution in [2.45, 2.75) is 63.5 Å². The first-order chi connectivity index (χ1) is 20.0. The van der Waals surface area contributed by atoms with E-state index in [2.05, 4.69) is 0 Å². The molecule has 5 N–H and O–H groups in total. The molecular weight excluding hydrogens is 564 g/mol. The number of aldehydes is 1. The van der Waals surface area contributed by atoms with E-state index in [1.165, 1.54) is 18.2 Å². The summed E-state index contributed by atoms with van der Waals surface area (Å²) in [7, 11) is 0. The largest absolute Gasteiger partial charge is 0.460 e. The molecule has 0 aliphatic carbocycles. The maximum atomic E-state index is 12.0. The molecule has 0 aromatic carbocycles. The van der Waals surface area contributed by atoms with Gasteiger partial charge in [-0.15, -0.1) is 0 Å². The van der Waals surface area contributed by atoms with Gasteiger partial charge in [-0.1, -0.05) is 18.2 Å². The molecule has 0 fully saturated rings. The van der Waals surface area contributed by atoms with Gasteiger partial charge in [0.25, 0.3) is 0 Å². The lowest BCUT2D eigenvalue weighted by atomic mass is 10.0. The van der Waals surface area contributed by atoms with Crippen LogP contribution in [-0.2, 0) is 47.6 Å². The Morgan fingerprint density at radius 1 is 0.595 bits per heavy atom. The zero-order valence-corrected chi connectivity index (χ0v) is 23.9. The average molecular weight is 607 g/mol. The summed E-state index contributed by atoms with van der Waals surface area (Å²) in [6, 6.07) is 0. The highest BCUT2D eigenvalue weighted by molar-refractivity contribution is 5.82. The normalized spacial score (nSPS) is 17.0. The van der Waals surface area contributed by atoms with Crippen LogP contribution in [0.4, 0.5) is 0 Å². The van der Waals surface area contributed by atoms with Crippen molar-refractivity contribution < 1.29 is 73.1 Å². The molecule has 15 heteroatoms. The van der Waals surface area contributed by atoms with Crippen molar-refractivity contribution in [2.75, 3.05) is 46.2 Å². The van der Waals surface area contributed by atoms with E-state index < -0.39 is 107 Å². The number of carbonyl (C=O) groups is 4. The number of rotatable bonds is 23. The Bertz CT molecular complexity index is 872. The van der Waals surface area contributed by atoms with Crippen molar-refractivity contribution in [3.63, 3.8) is 0 Å². The molecule has 42 heavy (non-hydrogen) atoms. The maximum Gasteiger partial charge on any atom is 0.330 e. The number of hydrogen-bond acceptors (Lipinski definition) is 15. The molecule has 0 aromatic heterocycles. The number of ether oxygens (including phenoxy) is 6. The zero-order valence-electron chi connectivity index (χ0n) is 23.9. The first-order valence-electron chi connectivity index (χ1n) is 13.0. The minimum atomic E-state index is -1.71. The molecule has 0 amide bonds. The van der Waals surface area contributed by atoms with Gasteiger partial charge in [-0.2, -0.15) is 0 Å². The second-order valence-corrected chi connectivity index (χ2v) is 8.63. The van der Waals surface area contributed by atoms with E-state index in [1.807, 2.05) is 0 Å². The fourth-order valence-corrected chi connectivity index (χ4v) is 3.02. The van der Waals surface area contributed by atoms with Crippen LogP contribution in [0.15, 0.2) is 36.5 Å². The Balaban J connectivity index is 5.65. The van der Waals surface area contributed by atoms with E-state index in [1.54, 1.807) is 20.8 Å². The maximum absolute atomic E-state index is 12.0. The number of aliphatic hydroxyl groups is 5. The molecule has 0 saturated carbocycles. The van der Waals surface area contributed by atoms with Crippen LogP contribution < -0.4 is 0 Å². The van der Waals surface area contributed by atoms with E-state index in [4.69, 9.17) is 28.4 Å². The van der Waals surface area contributed by atoms with Crippen LogP contribution in [0.5, 0.6) is 0 Å². The van der Waals surface area contributed by atoms with Gasteiger partial charge in [-0.25, -0.2) is 14.4 Å². The second-order valence-electron chi connectivity index (χ2n) is 8.63. The van der Waals surface area contributed by atoms with E-state index in [0.717, 1.165) is 18.2 Å². The predicted octanol–water partition coefficient (Wildman–Crippen LogP) is -1.87. The van der Waals surface area contributed by atoms with E-state index in [-0.39, 0.29) is 6.29 Å². The number of allylic oxidation sites excluding steroid dienone is 3. The van der Waals surface area contributed by atoms with Crippen LogP contribution in [0.25, 0.3) is 0 Å². The van der Waals surface area contributed by atoms with Crippen molar-refractivity contribution in [2.24, 2.45) is 0 Å². The molecule has 7 atom stereocenters. The molecule has 3 unspecified atom stereocenters. The SMILES string of the molecule is CC=CC(=O)OCC(O)CO[C@@H]([C@H](OCC(O)COC(=O)C=CC)[C@@H](C=O)OCC(O)COC(=O)C=CC)[C@H](O)CO. The molecule has 0 aliphatic rings. The smallest absolute Gasteiger partial charge is 0.330 e. The Kier molecular flexibility index (Phi) is 21.8. The van der Waals surface area contributed by atoms with Crippen molar-refractivity contribution >= 4 is 24.2 Å². The fraction of sp³-hybridized carbons (Fsp3) is 0.630. The monoisotopic (exact) mass is 606 g/mol. The minimum Gasteiger partial charge on any atom is -0.460 e. The van der Waals surface area contributed by atoms with Crippen LogP contribution in [0.3, 0.4) is 0 Å². The lowest BCUT2D eigenvalue weighted by Gasteiger charge is -2.34. The first kappa shape index (κ1) is 39.0. The van der Waals surface area contributed by atoms with Crippen molar-refractivity contribution in [3.8, 4) is 0 Å². The number of carbonyl (C=O) groups excluding carboxylic acids is 4. The molecule has 0 radical (unpaired) electrons. The van der Waals surface area contributed by atoms with Crippen molar-refractivity contribution in [1.82, 2.24) is 0 Å². The third-order valence-electron chi connectivity index (χ3n) is 4.95. The number of esters is 3. The van der Waals surface area contributed by atoms with E-state index in [9.17, 15) is 44.7 Å². The highest BCUT2D eigenvalue weighted by Gasteiger charge is 2.38. The van der Waals surface area contributed by atoms with Crippen LogP contribution in [0.2, 0.25) is 0 Å². The summed E-state index contributed by atoms with van der Waals surface area (Å²) in [6.07, 6.45) is -2.73. The third-order valence-corrected chi connectivity index (χ3v) is 4.95. The summed E-state index contributed by atoms with van der Waals surface area (Å²) in [5.74, 6) is -2.17. The Labute approximate surface area is 243 Å². The molecule has 0 spiro atoms. The van der Waals surface area contributed by atoms with E-state index >= 15 is 0 Å². The summed E-state index contributed by atoms with van der Waals surface area (Å²) in [6.45, 7) is 0.714. The molecule has 0 saturated heterocycles. The molecule has 0 rings (SSSR count). The van der Waals surface area contributed by atoms with Gasteiger partial charge < -0.3 is 58.7 Å². The molecular formula is C27H42O15. The highest BCUT2D eigenvalue weighted by atomic mass is 16.6. The van der Waals surface area contributed by atoms with Gasteiger partial charge in [0.15, 0.2) is 6.29 Å². The quantitative estimate of drug-likeness (QED) is 0.0372. The standard InChI is InChI=1S/C27H42O15/c1-4-7-23(34)38-13-18(30)12-37-22(11-29)27(42-17-20(32)15-40-25(36)9-6-3)26(21(33)10-28)41-16-19(31)14-39-24(35)8-5-2/h4-9,11,18-22,26-28,30-33H,10,12-17H2,1-3H3/t18?,19?,20?,21-,22-,26-,27-/m1/s1. The van der Waals surface area contributed by atoms with Crippen LogP contribution in [-0.4, -0.2) is 139 Å². The lowest BCUT2D eigenvalue weighted by molar-refractivity contribution is -0.194. The number of hydrogen-bond donors (Lipinski definition) is 5. The summed E-state index contributed by atoms with van der Waals surface area (Å²) < 4.78 is 31.0. The Hall–Kier alpha value is -3.02. The van der Waals surface area contributed by atoms with Gasteiger partial charge in [-0.05, 0) is 20.8 Å². The van der Waals surface area contributed by atoms with Gasteiger partial charge in [0.05, 0.1) is 26.4 Å². The summed E-state index contributed by atoms with van der Waals surface area (Å²) in [5.41, 5.74) is 0. The average Bonchev–Trinajstić information content (AvgIpc) is 2.96. The Morgan fingerprint density at radius 3 is 1.29 bits per heavy atom. The van der Waals surface area contributed by atoms with Crippen molar-refractivity contribution in [3.05, 3.63) is 36.5 Å². The molecule has 0 aliphatic heterocycles. The molecule has 0 heterocycles. The topological polar surface area (TPSA) is 225 Å². The molecule has 0 aromatic rings. The van der Waals surface area contributed by atoms with Gasteiger partial charge in [0.1, 0.15) is 62.5 Å². The fourth-order valence-electron chi connectivity index (χ4n) is 3.02. The van der Waals surface area contributed by atoms with Crippen LogP contribution in [0, 0.1) is 0 Å².